The molecule has 17 heavy (non-hydrogen) atoms. The molecule has 0 saturated heterocycles. The summed E-state index contributed by atoms with van der Waals surface area (Å²) < 4.78 is 0.773. The highest BCUT2D eigenvalue weighted by Crippen LogP contribution is 2.26. The van der Waals surface area contributed by atoms with Crippen molar-refractivity contribution in [3.63, 3.8) is 0 Å². The van der Waals surface area contributed by atoms with Crippen LogP contribution in [0.1, 0.15) is 34.1 Å². The number of carbonyl (C=O) groups is 2. The molecule has 1 aliphatic heterocycles. The molecule has 1 atom stereocenters. The van der Waals surface area contributed by atoms with Gasteiger partial charge in [-0.2, -0.15) is 0 Å². The Morgan fingerprint density at radius 1 is 1.29 bits per heavy atom. The Labute approximate surface area is 107 Å². The fourth-order valence-electron chi connectivity index (χ4n) is 1.78. The van der Waals surface area contributed by atoms with E-state index in [1.165, 1.54) is 4.90 Å². The molecule has 1 aromatic carbocycles. The summed E-state index contributed by atoms with van der Waals surface area (Å²) in [5, 5.41) is 9.19. The standard InChI is InChI=1S/C12H12BrNO3/c1-7(15)4-5-14-11(16)9-3-2-8(13)6-10(9)12(14)17/h2-3,6-7,15H,4-5H2,1H3. The van der Waals surface area contributed by atoms with Crippen LogP contribution in [0.2, 0.25) is 0 Å². The van der Waals surface area contributed by atoms with Gasteiger partial charge in [0, 0.05) is 11.0 Å². The summed E-state index contributed by atoms with van der Waals surface area (Å²) in [5.74, 6) is -0.565. The minimum absolute atomic E-state index is 0.252. The summed E-state index contributed by atoms with van der Waals surface area (Å²) in [5.41, 5.74) is 0.860. The first-order valence-electron chi connectivity index (χ1n) is 5.34. The number of carbonyl (C=O) groups excluding carboxylic acids is 2. The van der Waals surface area contributed by atoms with E-state index in [9.17, 15) is 14.7 Å². The quantitative estimate of drug-likeness (QED) is 0.866. The molecule has 1 N–H and O–H groups in total. The lowest BCUT2D eigenvalue weighted by Crippen LogP contribution is -2.32. The molecule has 4 nitrogen and oxygen atoms in total. The minimum atomic E-state index is -0.522. The van der Waals surface area contributed by atoms with Gasteiger partial charge in [-0.25, -0.2) is 0 Å². The van der Waals surface area contributed by atoms with E-state index >= 15 is 0 Å². The van der Waals surface area contributed by atoms with Crippen LogP contribution in [-0.4, -0.2) is 34.5 Å². The number of imide groups is 1. The highest BCUT2D eigenvalue weighted by molar-refractivity contribution is 9.10. The van der Waals surface area contributed by atoms with E-state index in [-0.39, 0.29) is 18.4 Å². The number of hydrogen-bond donors (Lipinski definition) is 1. The number of aliphatic hydroxyl groups is 1. The van der Waals surface area contributed by atoms with E-state index in [2.05, 4.69) is 15.9 Å². The van der Waals surface area contributed by atoms with Crippen molar-refractivity contribution in [2.75, 3.05) is 6.54 Å². The maximum absolute atomic E-state index is 12.0. The molecule has 90 valence electrons. The van der Waals surface area contributed by atoms with Crippen molar-refractivity contribution >= 4 is 27.7 Å². The molecule has 0 spiro atoms. The Hall–Kier alpha value is -1.20. The minimum Gasteiger partial charge on any atom is -0.393 e. The lowest BCUT2D eigenvalue weighted by molar-refractivity contribution is 0.0629. The first kappa shape index (κ1) is 12.3. The summed E-state index contributed by atoms with van der Waals surface area (Å²) in [4.78, 5) is 25.1. The van der Waals surface area contributed by atoms with Crippen molar-refractivity contribution in [2.45, 2.75) is 19.4 Å². The van der Waals surface area contributed by atoms with Crippen molar-refractivity contribution in [1.29, 1.82) is 0 Å². The number of aliphatic hydroxyl groups excluding tert-OH is 1. The van der Waals surface area contributed by atoms with Gasteiger partial charge in [-0.15, -0.1) is 0 Å². The smallest absolute Gasteiger partial charge is 0.261 e. The fourth-order valence-corrected chi connectivity index (χ4v) is 2.14. The van der Waals surface area contributed by atoms with E-state index in [1.54, 1.807) is 25.1 Å². The van der Waals surface area contributed by atoms with Gasteiger partial charge in [0.2, 0.25) is 0 Å². The predicted octanol–water partition coefficient (Wildman–Crippen LogP) is 1.82. The zero-order valence-electron chi connectivity index (χ0n) is 9.31. The summed E-state index contributed by atoms with van der Waals surface area (Å²) in [6.07, 6.45) is -0.127. The van der Waals surface area contributed by atoms with Crippen LogP contribution in [0, 0.1) is 0 Å². The van der Waals surface area contributed by atoms with Gasteiger partial charge >= 0.3 is 0 Å². The molecule has 0 bridgehead atoms. The van der Waals surface area contributed by atoms with Crippen LogP contribution in [0.4, 0.5) is 0 Å². The number of amides is 2. The normalized spacial score (nSPS) is 16.3. The summed E-state index contributed by atoms with van der Waals surface area (Å²) >= 11 is 3.27. The SMILES string of the molecule is CC(O)CCN1C(=O)c2ccc(Br)cc2C1=O. The van der Waals surface area contributed by atoms with E-state index in [0.29, 0.717) is 17.5 Å². The molecule has 0 fully saturated rings. The maximum Gasteiger partial charge on any atom is 0.261 e. The van der Waals surface area contributed by atoms with Gasteiger partial charge in [0.05, 0.1) is 17.2 Å². The Kier molecular flexibility index (Phi) is 3.31. The van der Waals surface area contributed by atoms with E-state index in [1.807, 2.05) is 0 Å². The molecule has 2 rings (SSSR count). The molecule has 1 unspecified atom stereocenters. The molecule has 0 saturated carbocycles. The van der Waals surface area contributed by atoms with Crippen molar-refractivity contribution in [2.24, 2.45) is 0 Å². The Balaban J connectivity index is 2.26. The molecule has 1 aliphatic rings. The fraction of sp³-hybridized carbons (Fsp3) is 0.333. The van der Waals surface area contributed by atoms with Crippen LogP contribution >= 0.6 is 15.9 Å². The van der Waals surface area contributed by atoms with Gasteiger partial charge in [-0.3, -0.25) is 14.5 Å². The number of fused-ring (bicyclic) bond motifs is 1. The second-order valence-electron chi connectivity index (χ2n) is 4.09. The Morgan fingerprint density at radius 2 is 1.94 bits per heavy atom. The van der Waals surface area contributed by atoms with Crippen LogP contribution in [0.15, 0.2) is 22.7 Å². The third-order valence-corrected chi connectivity index (χ3v) is 3.20. The van der Waals surface area contributed by atoms with Gasteiger partial charge in [0.1, 0.15) is 0 Å². The summed E-state index contributed by atoms with van der Waals surface area (Å²) in [6.45, 7) is 1.89. The van der Waals surface area contributed by atoms with Gasteiger partial charge < -0.3 is 5.11 Å². The molecule has 1 aromatic rings. The van der Waals surface area contributed by atoms with Gasteiger partial charge in [0.15, 0.2) is 0 Å². The molecule has 5 heteroatoms. The van der Waals surface area contributed by atoms with Gasteiger partial charge in [-0.1, -0.05) is 15.9 Å². The van der Waals surface area contributed by atoms with Crippen molar-refractivity contribution in [3.05, 3.63) is 33.8 Å². The van der Waals surface area contributed by atoms with E-state index < -0.39 is 6.10 Å². The van der Waals surface area contributed by atoms with Crippen LogP contribution in [0.5, 0.6) is 0 Å². The lowest BCUT2D eigenvalue weighted by Gasteiger charge is -2.14. The molecule has 0 radical (unpaired) electrons. The predicted molar refractivity (Wildman–Crippen MR) is 65.8 cm³/mol. The third-order valence-electron chi connectivity index (χ3n) is 2.70. The van der Waals surface area contributed by atoms with Crippen molar-refractivity contribution < 1.29 is 14.7 Å². The molecule has 0 aliphatic carbocycles. The second kappa shape index (κ2) is 4.58. The zero-order valence-corrected chi connectivity index (χ0v) is 10.9. The monoisotopic (exact) mass is 297 g/mol. The highest BCUT2D eigenvalue weighted by atomic mass is 79.9. The topological polar surface area (TPSA) is 57.6 Å². The van der Waals surface area contributed by atoms with Crippen LogP contribution < -0.4 is 0 Å². The maximum atomic E-state index is 12.0. The van der Waals surface area contributed by atoms with Gasteiger partial charge in [-0.05, 0) is 31.5 Å². The molecule has 2 amide bonds. The second-order valence-corrected chi connectivity index (χ2v) is 5.01. The molecule has 1 heterocycles. The highest BCUT2D eigenvalue weighted by Gasteiger charge is 2.35. The zero-order chi connectivity index (χ0) is 12.6. The van der Waals surface area contributed by atoms with Crippen molar-refractivity contribution in [3.8, 4) is 0 Å². The van der Waals surface area contributed by atoms with Crippen LogP contribution in [0.3, 0.4) is 0 Å². The molecular formula is C12H12BrNO3. The lowest BCUT2D eigenvalue weighted by atomic mass is 10.1. The van der Waals surface area contributed by atoms with E-state index in [0.717, 1.165) is 4.47 Å². The number of benzene rings is 1. The first-order chi connectivity index (χ1) is 8.00. The number of nitrogens with zero attached hydrogens (tertiary/aromatic N) is 1. The average Bonchev–Trinajstić information content (AvgIpc) is 2.49. The Morgan fingerprint density at radius 3 is 2.59 bits per heavy atom. The Bertz CT molecular complexity index is 485. The van der Waals surface area contributed by atoms with E-state index in [4.69, 9.17) is 0 Å². The van der Waals surface area contributed by atoms with Crippen molar-refractivity contribution in [1.82, 2.24) is 4.90 Å². The average molecular weight is 298 g/mol. The molecule has 0 aromatic heterocycles. The number of rotatable bonds is 3. The summed E-state index contributed by atoms with van der Waals surface area (Å²) in [7, 11) is 0. The van der Waals surface area contributed by atoms with Gasteiger partial charge in [0.25, 0.3) is 11.8 Å². The van der Waals surface area contributed by atoms with Crippen LogP contribution in [0.25, 0.3) is 0 Å². The first-order valence-corrected chi connectivity index (χ1v) is 6.14. The third kappa shape index (κ3) is 2.25. The number of hydrogen-bond acceptors (Lipinski definition) is 3. The largest absolute Gasteiger partial charge is 0.393 e. The summed E-state index contributed by atoms with van der Waals surface area (Å²) in [6, 6.07) is 5.03. The van der Waals surface area contributed by atoms with Crippen LogP contribution in [-0.2, 0) is 0 Å². The molecular weight excluding hydrogens is 286 g/mol. The number of halogens is 1.